The summed E-state index contributed by atoms with van der Waals surface area (Å²) in [4.78, 5) is 12.7. The molecule has 0 saturated carbocycles. The summed E-state index contributed by atoms with van der Waals surface area (Å²) in [5.74, 6) is -0.0712. The van der Waals surface area contributed by atoms with Gasteiger partial charge in [0.05, 0.1) is 18.1 Å². The standard InChI is InChI=1S/C21H26N2O4S/c1-16-8-9-19(15-20(16)28(25,26)23-10-12-27-13-11-23)22-21(24)14-17(2)18-6-4-3-5-7-18/h3-9,15,17H,10-14H2,1-2H3,(H,22,24). The van der Waals surface area contributed by atoms with Crippen LogP contribution in [-0.4, -0.2) is 44.9 Å². The molecule has 1 atom stereocenters. The van der Waals surface area contributed by atoms with Gasteiger partial charge in [-0.1, -0.05) is 43.3 Å². The first kappa shape index (κ1) is 20.5. The first-order valence-electron chi connectivity index (χ1n) is 9.41. The molecule has 150 valence electrons. The number of carbonyl (C=O) groups is 1. The van der Waals surface area contributed by atoms with Gasteiger partial charge < -0.3 is 10.1 Å². The molecule has 1 aliphatic heterocycles. The van der Waals surface area contributed by atoms with Gasteiger partial charge in [-0.05, 0) is 36.1 Å². The number of rotatable bonds is 6. The Morgan fingerprint density at radius 2 is 1.82 bits per heavy atom. The quantitative estimate of drug-likeness (QED) is 0.805. The first-order chi connectivity index (χ1) is 13.4. The van der Waals surface area contributed by atoms with E-state index in [1.807, 2.05) is 37.3 Å². The van der Waals surface area contributed by atoms with E-state index in [2.05, 4.69) is 5.32 Å². The van der Waals surface area contributed by atoms with Crippen LogP contribution in [0.25, 0.3) is 0 Å². The number of nitrogens with zero attached hydrogens (tertiary/aromatic N) is 1. The molecule has 1 unspecified atom stereocenters. The van der Waals surface area contributed by atoms with Crippen molar-refractivity contribution in [1.29, 1.82) is 0 Å². The normalized spacial score (nSPS) is 16.5. The van der Waals surface area contributed by atoms with Crippen molar-refractivity contribution in [1.82, 2.24) is 4.31 Å². The number of hydrogen-bond acceptors (Lipinski definition) is 4. The maximum atomic E-state index is 13.0. The van der Waals surface area contributed by atoms with E-state index in [1.54, 1.807) is 25.1 Å². The van der Waals surface area contributed by atoms with E-state index in [4.69, 9.17) is 4.74 Å². The average molecular weight is 403 g/mol. The molecule has 1 fully saturated rings. The fourth-order valence-electron chi connectivity index (χ4n) is 3.27. The van der Waals surface area contributed by atoms with Gasteiger partial charge in [0, 0.05) is 25.2 Å². The molecule has 7 heteroatoms. The summed E-state index contributed by atoms with van der Waals surface area (Å²) in [7, 11) is -3.62. The summed E-state index contributed by atoms with van der Waals surface area (Å²) in [5, 5.41) is 2.84. The van der Waals surface area contributed by atoms with Gasteiger partial charge in [-0.25, -0.2) is 8.42 Å². The van der Waals surface area contributed by atoms with Crippen LogP contribution >= 0.6 is 0 Å². The lowest BCUT2D eigenvalue weighted by Gasteiger charge is -2.27. The molecule has 3 rings (SSSR count). The lowest BCUT2D eigenvalue weighted by atomic mass is 9.97. The van der Waals surface area contributed by atoms with Crippen LogP contribution in [0.3, 0.4) is 0 Å². The van der Waals surface area contributed by atoms with Crippen molar-refractivity contribution in [2.75, 3.05) is 31.6 Å². The highest BCUT2D eigenvalue weighted by molar-refractivity contribution is 7.89. The Hall–Kier alpha value is -2.22. The molecule has 1 saturated heterocycles. The molecule has 0 aromatic heterocycles. The molecule has 2 aromatic carbocycles. The minimum absolute atomic E-state index is 0.0724. The highest BCUT2D eigenvalue weighted by Gasteiger charge is 2.28. The third kappa shape index (κ3) is 4.79. The Balaban J connectivity index is 1.73. The van der Waals surface area contributed by atoms with Crippen molar-refractivity contribution < 1.29 is 17.9 Å². The van der Waals surface area contributed by atoms with E-state index in [9.17, 15) is 13.2 Å². The minimum Gasteiger partial charge on any atom is -0.379 e. The number of amides is 1. The fraction of sp³-hybridized carbons (Fsp3) is 0.381. The van der Waals surface area contributed by atoms with Crippen molar-refractivity contribution in [3.63, 3.8) is 0 Å². The van der Waals surface area contributed by atoms with Crippen molar-refractivity contribution >= 4 is 21.6 Å². The number of benzene rings is 2. The van der Waals surface area contributed by atoms with E-state index in [0.717, 1.165) is 5.56 Å². The topological polar surface area (TPSA) is 75.7 Å². The van der Waals surface area contributed by atoms with Gasteiger partial charge in [-0.3, -0.25) is 4.79 Å². The molecule has 1 aliphatic rings. The second-order valence-electron chi connectivity index (χ2n) is 7.06. The molecular weight excluding hydrogens is 376 g/mol. The van der Waals surface area contributed by atoms with Gasteiger partial charge in [-0.15, -0.1) is 0 Å². The van der Waals surface area contributed by atoms with Crippen molar-refractivity contribution in [2.24, 2.45) is 0 Å². The molecular formula is C21H26N2O4S. The first-order valence-corrected chi connectivity index (χ1v) is 10.9. The number of ether oxygens (including phenoxy) is 1. The van der Waals surface area contributed by atoms with E-state index >= 15 is 0 Å². The summed E-state index contributed by atoms with van der Waals surface area (Å²) in [6.07, 6.45) is 0.323. The Kier molecular flexibility index (Phi) is 6.49. The Morgan fingerprint density at radius 3 is 2.50 bits per heavy atom. The summed E-state index contributed by atoms with van der Waals surface area (Å²) < 4.78 is 32.6. The van der Waals surface area contributed by atoms with Crippen LogP contribution in [0, 0.1) is 6.92 Å². The number of sulfonamides is 1. The van der Waals surface area contributed by atoms with Crippen LogP contribution in [-0.2, 0) is 19.6 Å². The number of morpholine rings is 1. The van der Waals surface area contributed by atoms with Gasteiger partial charge >= 0.3 is 0 Å². The van der Waals surface area contributed by atoms with Crippen molar-refractivity contribution in [2.45, 2.75) is 31.1 Å². The Bertz CT molecular complexity index is 923. The molecule has 0 spiro atoms. The van der Waals surface area contributed by atoms with E-state index in [0.29, 0.717) is 44.0 Å². The van der Waals surface area contributed by atoms with E-state index in [-0.39, 0.29) is 16.7 Å². The highest BCUT2D eigenvalue weighted by atomic mass is 32.2. The summed E-state index contributed by atoms with van der Waals surface area (Å²) in [6, 6.07) is 14.8. The fourth-order valence-corrected chi connectivity index (χ4v) is 4.93. The molecule has 0 aliphatic carbocycles. The molecule has 28 heavy (non-hydrogen) atoms. The van der Waals surface area contributed by atoms with Gasteiger partial charge in [0.15, 0.2) is 0 Å². The molecule has 2 aromatic rings. The summed E-state index contributed by atoms with van der Waals surface area (Å²) in [6.45, 7) is 5.23. The number of carbonyl (C=O) groups excluding carboxylic acids is 1. The SMILES string of the molecule is Cc1ccc(NC(=O)CC(C)c2ccccc2)cc1S(=O)(=O)N1CCOCC1. The lowest BCUT2D eigenvalue weighted by molar-refractivity contribution is -0.116. The molecule has 1 amide bonds. The Labute approximate surface area is 166 Å². The second-order valence-corrected chi connectivity index (χ2v) is 8.97. The van der Waals surface area contributed by atoms with E-state index in [1.165, 1.54) is 4.31 Å². The lowest BCUT2D eigenvalue weighted by Crippen LogP contribution is -2.40. The largest absolute Gasteiger partial charge is 0.379 e. The predicted octanol–water partition coefficient (Wildman–Crippen LogP) is 3.15. The Morgan fingerprint density at radius 1 is 1.14 bits per heavy atom. The zero-order valence-electron chi connectivity index (χ0n) is 16.2. The van der Waals surface area contributed by atoms with Gasteiger partial charge in [0.2, 0.25) is 15.9 Å². The molecule has 0 bridgehead atoms. The number of aryl methyl sites for hydroxylation is 1. The molecule has 1 N–H and O–H groups in total. The summed E-state index contributed by atoms with van der Waals surface area (Å²) >= 11 is 0. The zero-order valence-corrected chi connectivity index (χ0v) is 17.0. The third-order valence-electron chi connectivity index (χ3n) is 4.92. The second kappa shape index (κ2) is 8.86. The molecule has 1 heterocycles. The maximum absolute atomic E-state index is 13.0. The van der Waals surface area contributed by atoms with Crippen molar-refractivity contribution in [3.8, 4) is 0 Å². The van der Waals surface area contributed by atoms with Crippen molar-refractivity contribution in [3.05, 3.63) is 59.7 Å². The third-order valence-corrected chi connectivity index (χ3v) is 6.96. The number of anilines is 1. The van der Waals surface area contributed by atoms with Crippen LogP contribution < -0.4 is 5.32 Å². The summed E-state index contributed by atoms with van der Waals surface area (Å²) in [5.41, 5.74) is 2.24. The van der Waals surface area contributed by atoms with Crippen LogP contribution in [0.1, 0.15) is 30.4 Å². The monoisotopic (exact) mass is 402 g/mol. The van der Waals surface area contributed by atoms with Crippen LogP contribution in [0.5, 0.6) is 0 Å². The van der Waals surface area contributed by atoms with Gasteiger partial charge in [0.25, 0.3) is 0 Å². The highest BCUT2D eigenvalue weighted by Crippen LogP contribution is 2.25. The van der Waals surface area contributed by atoms with Crippen LogP contribution in [0.4, 0.5) is 5.69 Å². The van der Waals surface area contributed by atoms with Gasteiger partial charge in [0.1, 0.15) is 0 Å². The predicted molar refractivity (Wildman–Crippen MR) is 109 cm³/mol. The number of hydrogen-bond donors (Lipinski definition) is 1. The molecule has 6 nitrogen and oxygen atoms in total. The van der Waals surface area contributed by atoms with E-state index < -0.39 is 10.0 Å². The molecule has 0 radical (unpaired) electrons. The smallest absolute Gasteiger partial charge is 0.243 e. The maximum Gasteiger partial charge on any atom is 0.243 e. The van der Waals surface area contributed by atoms with Crippen LogP contribution in [0.15, 0.2) is 53.4 Å². The minimum atomic E-state index is -3.62. The van der Waals surface area contributed by atoms with Gasteiger partial charge in [-0.2, -0.15) is 4.31 Å². The average Bonchev–Trinajstić information content (AvgIpc) is 2.70. The zero-order chi connectivity index (χ0) is 20.1. The van der Waals surface area contributed by atoms with Crippen LogP contribution in [0.2, 0.25) is 0 Å². The number of nitrogens with one attached hydrogen (secondary N) is 1.